The first kappa shape index (κ1) is 28.9. The van der Waals surface area contributed by atoms with Crippen LogP contribution in [0.2, 0.25) is 0 Å². The number of ether oxygens (including phenoxy) is 1. The van der Waals surface area contributed by atoms with Gasteiger partial charge in [0.2, 0.25) is 5.78 Å². The molecule has 6 atom stereocenters. The molecule has 4 aliphatic rings. The molecule has 1 aromatic carbocycles. The predicted octanol–water partition coefficient (Wildman–Crippen LogP) is 0.638. The number of nitrogens with two attached hydrogens (primary N) is 1. The van der Waals surface area contributed by atoms with Crippen molar-refractivity contribution in [1.82, 2.24) is 4.90 Å². The molecular formula is C29H34N2O10. The summed E-state index contributed by atoms with van der Waals surface area (Å²) in [5, 5.41) is 57.4. The molecule has 4 aliphatic carbocycles. The van der Waals surface area contributed by atoms with Crippen LogP contribution in [0, 0.1) is 11.8 Å². The molecule has 0 heterocycles. The Bertz CT molecular complexity index is 1420. The number of Topliss-reactive ketones (excluding diaryl/α,β-unsaturated/α-hetero) is 3. The second kappa shape index (κ2) is 10.1. The van der Waals surface area contributed by atoms with E-state index < -0.39 is 87.2 Å². The summed E-state index contributed by atoms with van der Waals surface area (Å²) in [6.07, 6.45) is 1.74. The third kappa shape index (κ3) is 4.03. The fourth-order valence-corrected chi connectivity index (χ4v) is 7.21. The first-order valence-corrected chi connectivity index (χ1v) is 13.6. The topological polar surface area (TPSA) is 208 Å². The lowest BCUT2D eigenvalue weighted by Crippen LogP contribution is -2.70. The maximum atomic E-state index is 14.2. The molecule has 1 aromatic rings. The van der Waals surface area contributed by atoms with E-state index in [0.717, 1.165) is 25.7 Å². The van der Waals surface area contributed by atoms with Crippen molar-refractivity contribution in [3.8, 4) is 5.75 Å². The van der Waals surface area contributed by atoms with Gasteiger partial charge in [0.15, 0.2) is 17.2 Å². The van der Waals surface area contributed by atoms with Gasteiger partial charge in [0.05, 0.1) is 41.9 Å². The Morgan fingerprint density at radius 1 is 1.12 bits per heavy atom. The number of phenols is 1. The van der Waals surface area contributed by atoms with Gasteiger partial charge in [-0.25, -0.2) is 0 Å². The van der Waals surface area contributed by atoms with Crippen molar-refractivity contribution in [2.45, 2.75) is 62.4 Å². The molecule has 0 saturated heterocycles. The lowest BCUT2D eigenvalue weighted by Gasteiger charge is -2.54. The number of primary amides is 1. The maximum Gasteiger partial charge on any atom is 0.255 e. The van der Waals surface area contributed by atoms with E-state index in [2.05, 4.69) is 0 Å². The number of phenolic OH excluding ortho intramolecular Hbond substituents is 1. The van der Waals surface area contributed by atoms with Crippen LogP contribution in [0.1, 0.15) is 60.0 Å². The van der Waals surface area contributed by atoms with Gasteiger partial charge in [-0.15, -0.1) is 0 Å². The van der Waals surface area contributed by atoms with E-state index in [0.29, 0.717) is 5.56 Å². The lowest BCUT2D eigenvalue weighted by atomic mass is 9.54. The number of aromatic hydroxyl groups is 1. The summed E-state index contributed by atoms with van der Waals surface area (Å²) in [5.41, 5.74) is 0.766. The number of carbonyl (C=O) groups excluding carboxylic acids is 4. The standard InChI is InChI=1S/C29H34N2O10/c1-11(32)13-8-9-14-15(10-41-12-6-4-5-7-12)16-18(23(34)17(14)22(13)33)26(37)29(40)20(24(16)35)21(31(2)3)25(36)19(27(29)38)28(30)39/h8-9,12,15-16,20-21,24,33-35,38,40H,4-7,10H2,1-3H3,(H2,30,39)/t15-,16+,20+,21-,24-,29-/m1/s1. The highest BCUT2D eigenvalue weighted by Gasteiger charge is 2.68. The molecule has 2 saturated carbocycles. The Labute approximate surface area is 235 Å². The van der Waals surface area contributed by atoms with Gasteiger partial charge in [0, 0.05) is 17.4 Å². The van der Waals surface area contributed by atoms with Gasteiger partial charge in [-0.1, -0.05) is 18.9 Å². The monoisotopic (exact) mass is 570 g/mol. The maximum absolute atomic E-state index is 14.2. The van der Waals surface area contributed by atoms with Crippen LogP contribution in [0.25, 0.3) is 5.76 Å². The second-order valence-electron chi connectivity index (χ2n) is 11.6. The second-order valence-corrected chi connectivity index (χ2v) is 11.6. The van der Waals surface area contributed by atoms with E-state index in [1.165, 1.54) is 38.1 Å². The van der Waals surface area contributed by atoms with E-state index in [-0.39, 0.29) is 23.8 Å². The zero-order valence-electron chi connectivity index (χ0n) is 23.0. The Kier molecular flexibility index (Phi) is 7.09. The highest BCUT2D eigenvalue weighted by molar-refractivity contribution is 6.24. The molecule has 2 fully saturated rings. The van der Waals surface area contributed by atoms with Gasteiger partial charge in [0.1, 0.15) is 22.8 Å². The normalized spacial score (nSPS) is 31.8. The summed E-state index contributed by atoms with van der Waals surface area (Å²) >= 11 is 0. The Hall–Kier alpha value is -3.58. The number of rotatable bonds is 6. The number of amides is 1. The highest BCUT2D eigenvalue weighted by Crippen LogP contribution is 2.56. The van der Waals surface area contributed by atoms with Crippen LogP contribution >= 0.6 is 0 Å². The van der Waals surface area contributed by atoms with E-state index in [4.69, 9.17) is 10.5 Å². The van der Waals surface area contributed by atoms with Crippen LogP contribution in [0.5, 0.6) is 5.75 Å². The van der Waals surface area contributed by atoms with Gasteiger partial charge in [-0.3, -0.25) is 24.1 Å². The average molecular weight is 571 g/mol. The van der Waals surface area contributed by atoms with Crippen molar-refractivity contribution < 1.29 is 49.4 Å². The van der Waals surface area contributed by atoms with Gasteiger partial charge < -0.3 is 36.0 Å². The van der Waals surface area contributed by atoms with Crippen molar-refractivity contribution in [2.24, 2.45) is 17.6 Å². The van der Waals surface area contributed by atoms with Crippen LogP contribution in [0.3, 0.4) is 0 Å². The fourth-order valence-electron chi connectivity index (χ4n) is 7.21. The average Bonchev–Trinajstić information content (AvgIpc) is 3.41. The number of fused-ring (bicyclic) bond motifs is 3. The van der Waals surface area contributed by atoms with Gasteiger partial charge in [0.25, 0.3) is 5.91 Å². The van der Waals surface area contributed by atoms with Crippen molar-refractivity contribution >= 4 is 29.0 Å². The molecule has 0 aromatic heterocycles. The fraction of sp³-hybridized carbons (Fsp3) is 0.517. The Morgan fingerprint density at radius 3 is 2.32 bits per heavy atom. The minimum atomic E-state index is -3.02. The summed E-state index contributed by atoms with van der Waals surface area (Å²) in [6.45, 7) is 1.16. The number of ketones is 3. The lowest BCUT2D eigenvalue weighted by molar-refractivity contribution is -0.170. The molecule has 0 unspecified atom stereocenters. The van der Waals surface area contributed by atoms with Crippen molar-refractivity contribution in [3.05, 3.63) is 45.7 Å². The Balaban J connectivity index is 1.77. The number of hydrogen-bond donors (Lipinski definition) is 6. The SMILES string of the molecule is CC(=O)c1ccc2c(c1O)C(O)=C1C(=O)[C@@]3(O)C(O)=C(C(N)=O)C(=O)[C@H](N(C)C)[C@H]3[C@H](O)[C@H]1[C@@H]2COC1CCCC1. The van der Waals surface area contributed by atoms with E-state index in [1.807, 2.05) is 0 Å². The molecule has 5 rings (SSSR count). The summed E-state index contributed by atoms with van der Waals surface area (Å²) < 4.78 is 6.18. The quantitative estimate of drug-likeness (QED) is 0.206. The minimum absolute atomic E-state index is 0.0532. The molecule has 0 aliphatic heterocycles. The molecule has 0 radical (unpaired) electrons. The van der Waals surface area contributed by atoms with E-state index in [1.54, 1.807) is 0 Å². The summed E-state index contributed by atoms with van der Waals surface area (Å²) in [7, 11) is 2.89. The molecule has 12 heteroatoms. The Morgan fingerprint density at radius 2 is 1.76 bits per heavy atom. The highest BCUT2D eigenvalue weighted by atomic mass is 16.5. The molecule has 1 amide bonds. The zero-order valence-corrected chi connectivity index (χ0v) is 23.0. The summed E-state index contributed by atoms with van der Waals surface area (Å²) in [4.78, 5) is 53.3. The summed E-state index contributed by atoms with van der Waals surface area (Å²) in [5.74, 6) is -10.6. The molecule has 12 nitrogen and oxygen atoms in total. The zero-order chi connectivity index (χ0) is 30.1. The van der Waals surface area contributed by atoms with Crippen LogP contribution in [0.4, 0.5) is 0 Å². The van der Waals surface area contributed by atoms with Crippen LogP contribution in [0.15, 0.2) is 29.0 Å². The molecule has 220 valence electrons. The first-order chi connectivity index (χ1) is 19.2. The van der Waals surface area contributed by atoms with Crippen molar-refractivity contribution in [3.63, 3.8) is 0 Å². The third-order valence-electron chi connectivity index (χ3n) is 9.13. The number of benzene rings is 1. The number of nitrogens with zero attached hydrogens (tertiary/aromatic N) is 1. The van der Waals surface area contributed by atoms with Crippen molar-refractivity contribution in [2.75, 3.05) is 20.7 Å². The van der Waals surface area contributed by atoms with Crippen LogP contribution < -0.4 is 5.73 Å². The largest absolute Gasteiger partial charge is 0.508 e. The van der Waals surface area contributed by atoms with Gasteiger partial charge >= 0.3 is 0 Å². The number of aliphatic hydroxyl groups excluding tert-OH is 3. The van der Waals surface area contributed by atoms with E-state index >= 15 is 0 Å². The third-order valence-corrected chi connectivity index (χ3v) is 9.13. The number of likely N-dealkylation sites (N-methyl/N-ethyl adjacent to an activating group) is 1. The molecule has 0 bridgehead atoms. The van der Waals surface area contributed by atoms with Gasteiger partial charge in [-0.05, 0) is 45.5 Å². The predicted molar refractivity (Wildman–Crippen MR) is 143 cm³/mol. The van der Waals surface area contributed by atoms with E-state index in [9.17, 15) is 44.7 Å². The van der Waals surface area contributed by atoms with Crippen molar-refractivity contribution in [1.29, 1.82) is 0 Å². The number of carbonyl (C=O) groups is 4. The molecule has 7 N–H and O–H groups in total. The van der Waals surface area contributed by atoms with Gasteiger partial charge in [-0.2, -0.15) is 0 Å². The minimum Gasteiger partial charge on any atom is -0.508 e. The van der Waals surface area contributed by atoms with Crippen LogP contribution in [-0.4, -0.2) is 98.2 Å². The number of aliphatic hydroxyl groups is 4. The molecular weight excluding hydrogens is 536 g/mol. The smallest absolute Gasteiger partial charge is 0.255 e. The first-order valence-electron chi connectivity index (χ1n) is 13.6. The molecule has 0 spiro atoms. The summed E-state index contributed by atoms with van der Waals surface area (Å²) in [6, 6.07) is 1.44. The van der Waals surface area contributed by atoms with Crippen LogP contribution in [-0.2, 0) is 19.1 Å². The number of hydrogen-bond acceptors (Lipinski definition) is 11. The molecule has 41 heavy (non-hydrogen) atoms.